The average molecular weight is 521 g/mol. The van der Waals surface area contributed by atoms with E-state index in [1.807, 2.05) is 54.0 Å². The maximum absolute atomic E-state index is 11.1. The largest absolute Gasteiger partial charge is 0.493 e. The molecular weight excluding hydrogens is 496 g/mol. The number of hydrogen-bond acceptors (Lipinski definition) is 3. The Morgan fingerprint density at radius 1 is 1.03 bits per heavy atom. The van der Waals surface area contributed by atoms with Gasteiger partial charge in [-0.2, -0.15) is 0 Å². The van der Waals surface area contributed by atoms with Crippen molar-refractivity contribution in [3.05, 3.63) is 87.4 Å². The van der Waals surface area contributed by atoms with Crippen LogP contribution in [0.4, 0.5) is 11.4 Å². The molecule has 168 valence electrons. The van der Waals surface area contributed by atoms with Crippen LogP contribution in [0.25, 0.3) is 10.9 Å². The quantitative estimate of drug-likeness (QED) is 0.208. The van der Waals surface area contributed by atoms with Crippen LogP contribution in [0.15, 0.2) is 75.4 Å². The molecule has 0 fully saturated rings. The van der Waals surface area contributed by atoms with E-state index in [2.05, 4.69) is 63.5 Å². The van der Waals surface area contributed by atoms with Crippen molar-refractivity contribution >= 4 is 55.5 Å². The number of aromatic nitrogens is 1. The zero-order chi connectivity index (χ0) is 23.5. The number of benzene rings is 3. The molecule has 3 aromatic carbocycles. The van der Waals surface area contributed by atoms with Crippen LogP contribution in [0.2, 0.25) is 0 Å². The molecule has 4 rings (SSSR count). The minimum Gasteiger partial charge on any atom is -0.493 e. The molecule has 33 heavy (non-hydrogen) atoms. The minimum atomic E-state index is 0.0584. The van der Waals surface area contributed by atoms with E-state index in [1.165, 1.54) is 0 Å². The topological polar surface area (TPSA) is 61.9 Å². The Morgan fingerprint density at radius 3 is 2.52 bits per heavy atom. The Kier molecular flexibility index (Phi) is 6.91. The number of hydrogen-bond donors (Lipinski definition) is 2. The fraction of sp³-hybridized carbons (Fsp3) is 0.192. The normalized spacial score (nSPS) is 11.4. The van der Waals surface area contributed by atoms with E-state index < -0.39 is 0 Å². The third-order valence-electron chi connectivity index (χ3n) is 5.77. The van der Waals surface area contributed by atoms with Gasteiger partial charge in [0.2, 0.25) is 11.0 Å². The first-order valence-corrected chi connectivity index (χ1v) is 12.0. The van der Waals surface area contributed by atoms with Crippen molar-refractivity contribution in [2.24, 2.45) is 10.2 Å². The Morgan fingerprint density at radius 2 is 1.76 bits per heavy atom. The summed E-state index contributed by atoms with van der Waals surface area (Å²) in [5.41, 5.74) is 6.76. The van der Waals surface area contributed by atoms with Crippen LogP contribution in [0.3, 0.4) is 0 Å². The Hall–Kier alpha value is -3.03. The highest BCUT2D eigenvalue weighted by atomic mass is 79.9. The van der Waals surface area contributed by atoms with E-state index in [9.17, 15) is 5.11 Å². The SMILES string of the molecule is CCc1cccc(C)c1NC(=S)N=Nc1c(O)n(Cc2ccccc2C)c2ccc(Br)cc12. The van der Waals surface area contributed by atoms with E-state index >= 15 is 0 Å². The van der Waals surface area contributed by atoms with Gasteiger partial charge in [-0.15, -0.1) is 10.2 Å². The van der Waals surface area contributed by atoms with E-state index in [0.717, 1.165) is 49.7 Å². The van der Waals surface area contributed by atoms with Gasteiger partial charge in [0, 0.05) is 15.5 Å². The van der Waals surface area contributed by atoms with Gasteiger partial charge in [-0.1, -0.05) is 65.3 Å². The van der Waals surface area contributed by atoms with Crippen molar-refractivity contribution in [1.82, 2.24) is 4.57 Å². The molecular formula is C26H25BrN4OS. The van der Waals surface area contributed by atoms with Gasteiger partial charge in [0.05, 0.1) is 12.1 Å². The maximum Gasteiger partial charge on any atom is 0.221 e. The zero-order valence-electron chi connectivity index (χ0n) is 18.8. The number of nitrogens with one attached hydrogen (secondary N) is 1. The molecule has 0 aliphatic carbocycles. The zero-order valence-corrected chi connectivity index (χ0v) is 21.2. The second-order valence-corrected chi connectivity index (χ2v) is 9.24. The molecule has 0 radical (unpaired) electrons. The number of fused-ring (bicyclic) bond motifs is 1. The Balaban J connectivity index is 1.70. The Bertz CT molecular complexity index is 1380. The number of rotatable bonds is 5. The second-order valence-electron chi connectivity index (χ2n) is 7.94. The standard InChI is InChI=1S/C26H25BrN4OS/c1-4-18-11-7-9-17(3)23(18)28-26(33)30-29-24-21-14-20(27)12-13-22(21)31(25(24)32)15-19-10-6-5-8-16(19)2/h5-14,32H,4,15H2,1-3H3,(H,28,33). The van der Waals surface area contributed by atoms with E-state index in [0.29, 0.717) is 12.2 Å². The molecule has 0 aliphatic heterocycles. The molecule has 0 unspecified atom stereocenters. The van der Waals surface area contributed by atoms with Crippen LogP contribution >= 0.6 is 28.1 Å². The van der Waals surface area contributed by atoms with E-state index in [4.69, 9.17) is 12.2 Å². The number of thiocarbonyl (C=S) groups is 1. The van der Waals surface area contributed by atoms with Gasteiger partial charge in [-0.3, -0.25) is 0 Å². The summed E-state index contributed by atoms with van der Waals surface area (Å²) in [6, 6.07) is 20.1. The monoisotopic (exact) mass is 520 g/mol. The van der Waals surface area contributed by atoms with Crippen molar-refractivity contribution in [3.8, 4) is 5.88 Å². The van der Waals surface area contributed by atoms with Gasteiger partial charge in [0.1, 0.15) is 0 Å². The minimum absolute atomic E-state index is 0.0584. The first-order chi connectivity index (χ1) is 15.9. The molecule has 5 nitrogen and oxygen atoms in total. The lowest BCUT2D eigenvalue weighted by atomic mass is 10.1. The van der Waals surface area contributed by atoms with Gasteiger partial charge >= 0.3 is 0 Å². The van der Waals surface area contributed by atoms with Crippen LogP contribution in [0.1, 0.15) is 29.2 Å². The van der Waals surface area contributed by atoms with E-state index in [-0.39, 0.29) is 11.0 Å². The summed E-state index contributed by atoms with van der Waals surface area (Å²) in [5.74, 6) is 0.0584. The molecule has 0 atom stereocenters. The highest BCUT2D eigenvalue weighted by molar-refractivity contribution is 9.10. The Labute approximate surface area is 207 Å². The summed E-state index contributed by atoms with van der Waals surface area (Å²) >= 11 is 8.98. The van der Waals surface area contributed by atoms with Crippen molar-refractivity contribution in [2.75, 3.05) is 5.32 Å². The van der Waals surface area contributed by atoms with Gasteiger partial charge in [0.25, 0.3) is 0 Å². The summed E-state index contributed by atoms with van der Waals surface area (Å²) < 4.78 is 2.75. The highest BCUT2D eigenvalue weighted by Crippen LogP contribution is 2.40. The average Bonchev–Trinajstić information content (AvgIpc) is 3.05. The number of aromatic hydroxyl groups is 1. The molecule has 2 N–H and O–H groups in total. The number of azo groups is 1. The summed E-state index contributed by atoms with van der Waals surface area (Å²) in [5, 5.41) is 24.0. The lowest BCUT2D eigenvalue weighted by molar-refractivity contribution is 0.429. The molecule has 7 heteroatoms. The fourth-order valence-electron chi connectivity index (χ4n) is 3.94. The van der Waals surface area contributed by atoms with Crippen LogP contribution in [0.5, 0.6) is 5.88 Å². The van der Waals surface area contributed by atoms with Gasteiger partial charge in [-0.05, 0) is 72.9 Å². The number of para-hydroxylation sites is 1. The van der Waals surface area contributed by atoms with Crippen LogP contribution in [-0.2, 0) is 13.0 Å². The van der Waals surface area contributed by atoms with Crippen LogP contribution < -0.4 is 5.32 Å². The summed E-state index contributed by atoms with van der Waals surface area (Å²) in [6.07, 6.45) is 0.880. The fourth-order valence-corrected chi connectivity index (χ4v) is 4.45. The van der Waals surface area contributed by atoms with Crippen molar-refractivity contribution in [1.29, 1.82) is 0 Å². The number of aryl methyl sites for hydroxylation is 3. The number of nitrogens with zero attached hydrogens (tertiary/aromatic N) is 3. The second kappa shape index (κ2) is 9.85. The lowest BCUT2D eigenvalue weighted by Gasteiger charge is -2.12. The third kappa shape index (κ3) is 4.84. The van der Waals surface area contributed by atoms with Crippen LogP contribution in [-0.4, -0.2) is 14.8 Å². The van der Waals surface area contributed by atoms with Crippen molar-refractivity contribution in [2.45, 2.75) is 33.7 Å². The summed E-state index contributed by atoms with van der Waals surface area (Å²) in [7, 11) is 0. The summed E-state index contributed by atoms with van der Waals surface area (Å²) in [4.78, 5) is 0. The molecule has 0 aliphatic rings. The van der Waals surface area contributed by atoms with Crippen molar-refractivity contribution in [3.63, 3.8) is 0 Å². The van der Waals surface area contributed by atoms with Crippen LogP contribution in [0, 0.1) is 13.8 Å². The predicted molar refractivity (Wildman–Crippen MR) is 143 cm³/mol. The smallest absolute Gasteiger partial charge is 0.221 e. The first-order valence-electron chi connectivity index (χ1n) is 10.8. The third-order valence-corrected chi connectivity index (χ3v) is 6.45. The molecule has 1 heterocycles. The molecule has 0 saturated heterocycles. The molecule has 0 spiro atoms. The summed E-state index contributed by atoms with van der Waals surface area (Å²) in [6.45, 7) is 6.72. The van der Waals surface area contributed by atoms with Gasteiger partial charge in [0.15, 0.2) is 5.69 Å². The molecule has 0 saturated carbocycles. The molecule has 0 amide bonds. The predicted octanol–water partition coefficient (Wildman–Crippen LogP) is 7.82. The molecule has 0 bridgehead atoms. The molecule has 4 aromatic rings. The number of halogens is 1. The van der Waals surface area contributed by atoms with Gasteiger partial charge < -0.3 is 15.0 Å². The molecule has 1 aromatic heterocycles. The first kappa shape index (κ1) is 23.1. The van der Waals surface area contributed by atoms with Crippen molar-refractivity contribution < 1.29 is 5.11 Å². The lowest BCUT2D eigenvalue weighted by Crippen LogP contribution is -2.08. The van der Waals surface area contributed by atoms with Gasteiger partial charge in [-0.25, -0.2) is 0 Å². The highest BCUT2D eigenvalue weighted by Gasteiger charge is 2.18. The number of anilines is 1. The maximum atomic E-state index is 11.1. The van der Waals surface area contributed by atoms with E-state index in [1.54, 1.807) is 0 Å².